The van der Waals surface area contributed by atoms with Crippen molar-refractivity contribution in [2.75, 3.05) is 38.7 Å². The average Bonchev–Trinajstić information content (AvgIpc) is 3.56. The monoisotopic (exact) mass is 487 g/mol. The molecule has 2 aliphatic rings. The molecule has 0 aliphatic carbocycles. The maximum atomic E-state index is 12.8. The van der Waals surface area contributed by atoms with Gasteiger partial charge in [0.15, 0.2) is 0 Å². The van der Waals surface area contributed by atoms with Gasteiger partial charge in [-0.05, 0) is 55.9 Å². The van der Waals surface area contributed by atoms with Crippen molar-refractivity contribution in [1.29, 1.82) is 0 Å². The molecule has 2 fully saturated rings. The van der Waals surface area contributed by atoms with E-state index in [4.69, 9.17) is 9.47 Å². The van der Waals surface area contributed by atoms with E-state index in [1.54, 1.807) is 36.3 Å². The highest BCUT2D eigenvalue weighted by Crippen LogP contribution is 2.23. The smallest absolute Gasteiger partial charge is 0.286 e. The Hall–Kier alpha value is -3.05. The topological polar surface area (TPSA) is 123 Å². The van der Waals surface area contributed by atoms with E-state index >= 15 is 0 Å². The van der Waals surface area contributed by atoms with E-state index < -0.39 is 5.91 Å². The van der Waals surface area contributed by atoms with Crippen molar-refractivity contribution in [1.82, 2.24) is 20.4 Å². The lowest BCUT2D eigenvalue weighted by atomic mass is 9.93. The van der Waals surface area contributed by atoms with Crippen LogP contribution in [0.1, 0.15) is 51.7 Å². The van der Waals surface area contributed by atoms with Gasteiger partial charge in [0.1, 0.15) is 5.75 Å². The fraction of sp³-hybridized carbons (Fsp3) is 0.522. The number of ether oxygens (including phenoxy) is 2. The molecule has 3 amide bonds. The number of likely N-dealkylation sites (tertiary alicyclic amines) is 1. The maximum Gasteiger partial charge on any atom is 0.286 e. The fourth-order valence-corrected chi connectivity index (χ4v) is 4.81. The molecule has 11 heteroatoms. The van der Waals surface area contributed by atoms with E-state index in [1.807, 2.05) is 0 Å². The molecule has 34 heavy (non-hydrogen) atoms. The first-order chi connectivity index (χ1) is 16.5. The first-order valence-corrected chi connectivity index (χ1v) is 12.3. The maximum absolute atomic E-state index is 12.8. The van der Waals surface area contributed by atoms with Crippen molar-refractivity contribution in [3.8, 4) is 5.75 Å². The summed E-state index contributed by atoms with van der Waals surface area (Å²) >= 11 is 0.974. The number of aromatic nitrogens is 2. The average molecular weight is 488 g/mol. The Morgan fingerprint density at radius 3 is 2.53 bits per heavy atom. The summed E-state index contributed by atoms with van der Waals surface area (Å²) in [6.07, 6.45) is 4.15. The van der Waals surface area contributed by atoms with Gasteiger partial charge in [-0.3, -0.25) is 14.4 Å². The molecule has 1 atom stereocenters. The van der Waals surface area contributed by atoms with Crippen molar-refractivity contribution in [3.05, 3.63) is 34.3 Å². The Balaban J connectivity index is 1.22. The number of hydrogen-bond acceptors (Lipinski definition) is 8. The summed E-state index contributed by atoms with van der Waals surface area (Å²) in [5, 5.41) is 13.8. The van der Waals surface area contributed by atoms with Crippen LogP contribution in [0.3, 0.4) is 0 Å². The second kappa shape index (κ2) is 11.4. The number of rotatable bonds is 8. The van der Waals surface area contributed by atoms with Crippen LogP contribution in [0.15, 0.2) is 24.3 Å². The fourth-order valence-electron chi connectivity index (χ4n) is 4.10. The third-order valence-corrected chi connectivity index (χ3v) is 6.99. The molecule has 3 heterocycles. The second-order valence-electron chi connectivity index (χ2n) is 8.47. The summed E-state index contributed by atoms with van der Waals surface area (Å²) in [4.78, 5) is 39.2. The lowest BCUT2D eigenvalue weighted by Crippen LogP contribution is -2.40. The molecule has 0 saturated carbocycles. The number of nitrogens with one attached hydrogen (secondary N) is 2. The largest absolute Gasteiger partial charge is 0.497 e. The standard InChI is InChI=1S/C23H29N5O5S/c1-32-17-6-4-16(5-7-17)25-20(30)21-26-27-22(34-21)23(31)28-10-8-15(9-11-28)13-19(29)24-14-18-3-2-12-33-18/h4-7,15,18H,2-3,8-14H2,1H3,(H,24,29)(H,25,30)/t18-/m1/s1. The number of benzene rings is 1. The highest BCUT2D eigenvalue weighted by molar-refractivity contribution is 7.15. The van der Waals surface area contributed by atoms with Crippen LogP contribution < -0.4 is 15.4 Å². The van der Waals surface area contributed by atoms with Crippen LogP contribution in [0.4, 0.5) is 5.69 Å². The van der Waals surface area contributed by atoms with E-state index in [1.165, 1.54) is 0 Å². The molecule has 2 aromatic rings. The molecule has 10 nitrogen and oxygen atoms in total. The lowest BCUT2D eigenvalue weighted by molar-refractivity contribution is -0.122. The molecule has 0 bridgehead atoms. The highest BCUT2D eigenvalue weighted by atomic mass is 32.1. The summed E-state index contributed by atoms with van der Waals surface area (Å²) in [6, 6.07) is 6.91. The number of carbonyl (C=O) groups is 3. The Labute approximate surface area is 202 Å². The Morgan fingerprint density at radius 2 is 1.85 bits per heavy atom. The molecular formula is C23H29N5O5S. The van der Waals surface area contributed by atoms with Gasteiger partial charge in [-0.1, -0.05) is 11.3 Å². The molecule has 2 aliphatic heterocycles. The van der Waals surface area contributed by atoms with Crippen molar-refractivity contribution in [2.45, 2.75) is 38.2 Å². The van der Waals surface area contributed by atoms with Gasteiger partial charge < -0.3 is 25.0 Å². The van der Waals surface area contributed by atoms with Crippen molar-refractivity contribution < 1.29 is 23.9 Å². The van der Waals surface area contributed by atoms with E-state index in [0.717, 1.165) is 43.6 Å². The van der Waals surface area contributed by atoms with Crippen LogP contribution in [-0.2, 0) is 9.53 Å². The van der Waals surface area contributed by atoms with Crippen molar-refractivity contribution >= 4 is 34.7 Å². The molecule has 182 valence electrons. The van der Waals surface area contributed by atoms with Gasteiger partial charge in [-0.2, -0.15) is 0 Å². The van der Waals surface area contributed by atoms with Crippen LogP contribution in [-0.4, -0.2) is 72.3 Å². The van der Waals surface area contributed by atoms with Gasteiger partial charge >= 0.3 is 0 Å². The molecule has 0 spiro atoms. The number of nitrogens with zero attached hydrogens (tertiary/aromatic N) is 3. The highest BCUT2D eigenvalue weighted by Gasteiger charge is 2.28. The van der Waals surface area contributed by atoms with Crippen LogP contribution >= 0.6 is 11.3 Å². The van der Waals surface area contributed by atoms with Gasteiger partial charge in [0.2, 0.25) is 15.9 Å². The molecule has 2 saturated heterocycles. The number of piperidine rings is 1. The Morgan fingerprint density at radius 1 is 1.12 bits per heavy atom. The molecule has 1 aromatic heterocycles. The van der Waals surface area contributed by atoms with Gasteiger partial charge in [0.25, 0.3) is 11.8 Å². The number of anilines is 1. The third kappa shape index (κ3) is 6.29. The Kier molecular flexibility index (Phi) is 8.07. The van der Waals surface area contributed by atoms with Crippen LogP contribution in [0.5, 0.6) is 5.75 Å². The van der Waals surface area contributed by atoms with Crippen molar-refractivity contribution in [2.24, 2.45) is 5.92 Å². The first-order valence-electron chi connectivity index (χ1n) is 11.5. The molecule has 0 unspecified atom stereocenters. The summed E-state index contributed by atoms with van der Waals surface area (Å²) in [5.41, 5.74) is 0.593. The van der Waals surface area contributed by atoms with Crippen molar-refractivity contribution in [3.63, 3.8) is 0 Å². The zero-order valence-corrected chi connectivity index (χ0v) is 19.9. The van der Waals surface area contributed by atoms with Gasteiger partial charge in [-0.15, -0.1) is 10.2 Å². The summed E-state index contributed by atoms with van der Waals surface area (Å²) in [6.45, 7) is 2.45. The van der Waals surface area contributed by atoms with Crippen LogP contribution in [0.2, 0.25) is 0 Å². The molecular weight excluding hydrogens is 458 g/mol. The zero-order valence-electron chi connectivity index (χ0n) is 19.1. The SMILES string of the molecule is COc1ccc(NC(=O)c2nnc(C(=O)N3CCC(CC(=O)NC[C@H]4CCCO4)CC3)s2)cc1. The minimum atomic E-state index is -0.422. The van der Waals surface area contributed by atoms with Gasteiger partial charge in [-0.25, -0.2) is 0 Å². The summed E-state index contributed by atoms with van der Waals surface area (Å²) in [7, 11) is 1.57. The van der Waals surface area contributed by atoms with Gasteiger partial charge in [0.05, 0.1) is 13.2 Å². The van der Waals surface area contributed by atoms with E-state index in [9.17, 15) is 14.4 Å². The normalized spacial score (nSPS) is 18.5. The van der Waals surface area contributed by atoms with E-state index in [0.29, 0.717) is 37.5 Å². The number of carbonyl (C=O) groups excluding carboxylic acids is 3. The predicted octanol–water partition coefficient (Wildman–Crippen LogP) is 2.34. The number of hydrogen-bond donors (Lipinski definition) is 2. The molecule has 4 rings (SSSR count). The number of methoxy groups -OCH3 is 1. The summed E-state index contributed by atoms with van der Waals surface area (Å²) in [5.74, 6) is 0.312. The molecule has 0 radical (unpaired) electrons. The molecule has 2 N–H and O–H groups in total. The zero-order chi connectivity index (χ0) is 23.9. The quantitative estimate of drug-likeness (QED) is 0.586. The number of amides is 3. The first kappa shape index (κ1) is 24.1. The Bertz CT molecular complexity index is 997. The third-order valence-electron chi connectivity index (χ3n) is 6.08. The minimum Gasteiger partial charge on any atom is -0.497 e. The predicted molar refractivity (Wildman–Crippen MR) is 126 cm³/mol. The van der Waals surface area contributed by atoms with E-state index in [2.05, 4.69) is 20.8 Å². The summed E-state index contributed by atoms with van der Waals surface area (Å²) < 4.78 is 10.6. The van der Waals surface area contributed by atoms with Crippen LogP contribution in [0, 0.1) is 5.92 Å². The molecule has 1 aromatic carbocycles. The minimum absolute atomic E-state index is 0.0388. The second-order valence-corrected chi connectivity index (χ2v) is 9.45. The van der Waals surface area contributed by atoms with E-state index in [-0.39, 0.29) is 33.9 Å². The lowest BCUT2D eigenvalue weighted by Gasteiger charge is -2.31. The van der Waals surface area contributed by atoms with Crippen LogP contribution in [0.25, 0.3) is 0 Å². The van der Waals surface area contributed by atoms with Gasteiger partial charge in [0, 0.05) is 38.3 Å².